The van der Waals surface area contributed by atoms with Crippen molar-refractivity contribution in [2.75, 3.05) is 13.2 Å². The molecule has 2 aliphatic rings. The summed E-state index contributed by atoms with van der Waals surface area (Å²) in [6, 6.07) is 0. The van der Waals surface area contributed by atoms with E-state index in [-0.39, 0.29) is 0 Å². The Labute approximate surface area is 82.9 Å². The number of ether oxygens (including phenoxy) is 1. The summed E-state index contributed by atoms with van der Waals surface area (Å²) in [6.45, 7) is 4.29. The average Bonchev–Trinajstić information content (AvgIpc) is 3.03. The van der Waals surface area contributed by atoms with Gasteiger partial charge < -0.3 is 4.74 Å². The summed E-state index contributed by atoms with van der Waals surface area (Å²) >= 11 is 0. The van der Waals surface area contributed by atoms with Crippen LogP contribution >= 0.6 is 0 Å². The van der Waals surface area contributed by atoms with E-state index in [4.69, 9.17) is 0 Å². The predicted molar refractivity (Wildman–Crippen MR) is 56.9 cm³/mol. The number of epoxide rings is 1. The van der Waals surface area contributed by atoms with Gasteiger partial charge in [0, 0.05) is 0 Å². The molecule has 0 aromatic rings. The lowest BCUT2D eigenvalue weighted by Crippen LogP contribution is -2.05. The normalized spacial score (nSPS) is 21.9. The Morgan fingerprint density at radius 1 is 1.08 bits per heavy atom. The van der Waals surface area contributed by atoms with Crippen molar-refractivity contribution in [3.8, 4) is 0 Å². The van der Waals surface area contributed by atoms with Crippen LogP contribution in [0.15, 0.2) is 0 Å². The minimum Gasteiger partial charge on any atom is -0.377 e. The lowest BCUT2D eigenvalue weighted by Gasteiger charge is -2.20. The Kier molecular flexibility index (Phi) is 6.26. The van der Waals surface area contributed by atoms with Crippen LogP contribution < -0.4 is 0 Å². The first-order valence-corrected chi connectivity index (χ1v) is 6.01. The standard InChI is InChI=1S/C10H20.C2H4O/c1-2-3-7-10-8-5-4-6-9-10;1-2-3-1/h10H,2-9H2,1H3;1-2H2. The monoisotopic (exact) mass is 184 g/mol. The van der Waals surface area contributed by atoms with Gasteiger partial charge in [0.25, 0.3) is 0 Å². The molecule has 2 fully saturated rings. The van der Waals surface area contributed by atoms with Gasteiger partial charge in [-0.1, -0.05) is 58.3 Å². The van der Waals surface area contributed by atoms with Gasteiger partial charge in [-0.25, -0.2) is 0 Å². The summed E-state index contributed by atoms with van der Waals surface area (Å²) in [7, 11) is 0. The van der Waals surface area contributed by atoms with Gasteiger partial charge in [-0.2, -0.15) is 0 Å². The average molecular weight is 184 g/mol. The van der Waals surface area contributed by atoms with Crippen molar-refractivity contribution in [2.24, 2.45) is 5.92 Å². The van der Waals surface area contributed by atoms with Crippen LogP contribution in [-0.2, 0) is 4.74 Å². The highest BCUT2D eigenvalue weighted by Crippen LogP contribution is 2.27. The van der Waals surface area contributed by atoms with Gasteiger partial charge in [0.2, 0.25) is 0 Å². The van der Waals surface area contributed by atoms with Crippen molar-refractivity contribution in [3.63, 3.8) is 0 Å². The van der Waals surface area contributed by atoms with E-state index < -0.39 is 0 Å². The first kappa shape index (κ1) is 11.0. The van der Waals surface area contributed by atoms with Gasteiger partial charge in [0.05, 0.1) is 13.2 Å². The van der Waals surface area contributed by atoms with E-state index in [1.165, 1.54) is 51.4 Å². The molecule has 0 amide bonds. The van der Waals surface area contributed by atoms with Crippen LogP contribution in [0.4, 0.5) is 0 Å². The summed E-state index contributed by atoms with van der Waals surface area (Å²) in [5, 5.41) is 0. The van der Waals surface area contributed by atoms with Crippen molar-refractivity contribution >= 4 is 0 Å². The molecule has 1 nitrogen and oxygen atoms in total. The van der Waals surface area contributed by atoms with Crippen molar-refractivity contribution in [1.29, 1.82) is 0 Å². The van der Waals surface area contributed by atoms with Crippen LogP contribution in [0, 0.1) is 5.92 Å². The molecule has 1 saturated heterocycles. The van der Waals surface area contributed by atoms with E-state index in [0.717, 1.165) is 19.1 Å². The van der Waals surface area contributed by atoms with Crippen LogP contribution in [-0.4, -0.2) is 13.2 Å². The molecule has 0 aromatic carbocycles. The summed E-state index contributed by atoms with van der Waals surface area (Å²) in [6.07, 6.45) is 11.9. The molecule has 0 radical (unpaired) electrons. The molecule has 0 atom stereocenters. The summed E-state index contributed by atoms with van der Waals surface area (Å²) in [5.41, 5.74) is 0. The zero-order valence-corrected chi connectivity index (χ0v) is 9.06. The zero-order chi connectivity index (χ0) is 9.36. The maximum atomic E-state index is 4.50. The van der Waals surface area contributed by atoms with Gasteiger partial charge in [0.15, 0.2) is 0 Å². The maximum Gasteiger partial charge on any atom is 0.0701 e. The molecule has 78 valence electrons. The highest BCUT2D eigenvalue weighted by atomic mass is 16.6. The van der Waals surface area contributed by atoms with Crippen LogP contribution in [0.3, 0.4) is 0 Å². The second kappa shape index (κ2) is 7.37. The number of hydrogen-bond acceptors (Lipinski definition) is 1. The van der Waals surface area contributed by atoms with Gasteiger partial charge in [-0.3, -0.25) is 0 Å². The smallest absolute Gasteiger partial charge is 0.0701 e. The molecule has 1 aliphatic heterocycles. The van der Waals surface area contributed by atoms with Crippen LogP contribution in [0.25, 0.3) is 0 Å². The molecule has 1 saturated carbocycles. The van der Waals surface area contributed by atoms with Gasteiger partial charge in [-0.05, 0) is 5.92 Å². The third-order valence-electron chi connectivity index (χ3n) is 2.89. The Balaban J connectivity index is 0.000000236. The Bertz CT molecular complexity index is 101. The Morgan fingerprint density at radius 2 is 1.69 bits per heavy atom. The Morgan fingerprint density at radius 3 is 2.15 bits per heavy atom. The molecule has 0 N–H and O–H groups in total. The first-order valence-electron chi connectivity index (χ1n) is 6.01. The van der Waals surface area contributed by atoms with E-state index in [1.807, 2.05) is 0 Å². The van der Waals surface area contributed by atoms with Crippen molar-refractivity contribution in [3.05, 3.63) is 0 Å². The fraction of sp³-hybridized carbons (Fsp3) is 1.00. The molecule has 0 unspecified atom stereocenters. The van der Waals surface area contributed by atoms with E-state index >= 15 is 0 Å². The van der Waals surface area contributed by atoms with Gasteiger partial charge in [-0.15, -0.1) is 0 Å². The first-order chi connectivity index (χ1) is 6.43. The summed E-state index contributed by atoms with van der Waals surface area (Å²) < 4.78 is 4.50. The summed E-state index contributed by atoms with van der Waals surface area (Å²) in [4.78, 5) is 0. The fourth-order valence-corrected chi connectivity index (χ4v) is 1.97. The predicted octanol–water partition coefficient (Wildman–Crippen LogP) is 3.77. The third-order valence-corrected chi connectivity index (χ3v) is 2.89. The van der Waals surface area contributed by atoms with Crippen LogP contribution in [0.2, 0.25) is 0 Å². The molecule has 1 heterocycles. The second-order valence-corrected chi connectivity index (χ2v) is 4.26. The van der Waals surface area contributed by atoms with Crippen LogP contribution in [0.1, 0.15) is 58.3 Å². The molecule has 1 aliphatic carbocycles. The van der Waals surface area contributed by atoms with Gasteiger partial charge >= 0.3 is 0 Å². The lowest BCUT2D eigenvalue weighted by molar-refractivity contribution is 0.331. The maximum absolute atomic E-state index is 4.50. The van der Waals surface area contributed by atoms with Gasteiger partial charge in [0.1, 0.15) is 0 Å². The molecule has 13 heavy (non-hydrogen) atoms. The largest absolute Gasteiger partial charge is 0.377 e. The lowest BCUT2D eigenvalue weighted by atomic mass is 9.86. The quantitative estimate of drug-likeness (QED) is 0.608. The number of rotatable bonds is 3. The van der Waals surface area contributed by atoms with E-state index in [2.05, 4.69) is 11.7 Å². The fourth-order valence-electron chi connectivity index (χ4n) is 1.97. The zero-order valence-electron chi connectivity index (χ0n) is 9.06. The van der Waals surface area contributed by atoms with Crippen molar-refractivity contribution in [1.82, 2.24) is 0 Å². The molecular weight excluding hydrogens is 160 g/mol. The number of hydrogen-bond donors (Lipinski definition) is 0. The minimum absolute atomic E-state index is 1.00. The van der Waals surface area contributed by atoms with Crippen molar-refractivity contribution < 1.29 is 4.74 Å². The molecule has 1 heteroatoms. The molecule has 0 bridgehead atoms. The van der Waals surface area contributed by atoms with E-state index in [9.17, 15) is 0 Å². The van der Waals surface area contributed by atoms with Crippen molar-refractivity contribution in [2.45, 2.75) is 58.3 Å². The van der Waals surface area contributed by atoms with E-state index in [0.29, 0.717) is 0 Å². The SMILES string of the molecule is C1CO1.CCCCC1CCCCC1. The molecular formula is C12H24O. The highest BCUT2D eigenvalue weighted by Gasteiger charge is 2.11. The van der Waals surface area contributed by atoms with E-state index in [1.54, 1.807) is 0 Å². The topological polar surface area (TPSA) is 12.5 Å². The highest BCUT2D eigenvalue weighted by molar-refractivity contribution is 4.65. The molecule has 2 rings (SSSR count). The Hall–Kier alpha value is -0.0400. The summed E-state index contributed by atoms with van der Waals surface area (Å²) in [5.74, 6) is 1.11. The molecule has 0 spiro atoms. The van der Waals surface area contributed by atoms with Crippen LogP contribution in [0.5, 0.6) is 0 Å². The molecule has 0 aromatic heterocycles. The minimum atomic E-state index is 1.00. The number of unbranched alkanes of at least 4 members (excludes halogenated alkanes) is 1. The third kappa shape index (κ3) is 7.06. The second-order valence-electron chi connectivity index (χ2n) is 4.26.